The molecule has 1 atom stereocenters. The molecule has 94 valence electrons. The van der Waals surface area contributed by atoms with E-state index in [1.807, 2.05) is 0 Å². The van der Waals surface area contributed by atoms with Crippen LogP contribution in [0, 0.1) is 0 Å². The summed E-state index contributed by atoms with van der Waals surface area (Å²) >= 11 is 0. The van der Waals surface area contributed by atoms with Gasteiger partial charge in [-0.25, -0.2) is 0 Å². The van der Waals surface area contributed by atoms with Gasteiger partial charge in [0, 0.05) is 11.6 Å². The van der Waals surface area contributed by atoms with E-state index in [2.05, 4.69) is 37.7 Å². The first kappa shape index (κ1) is 13.7. The Bertz CT molecular complexity index is 229. The van der Waals surface area contributed by atoms with Gasteiger partial charge < -0.3 is 0 Å². The van der Waals surface area contributed by atoms with E-state index in [0.717, 1.165) is 6.42 Å². The van der Waals surface area contributed by atoms with Gasteiger partial charge in [-0.2, -0.15) is 0 Å². The zero-order chi connectivity index (χ0) is 12.2. The molecule has 16 heavy (non-hydrogen) atoms. The lowest BCUT2D eigenvalue weighted by Gasteiger charge is -2.46. The number of nitrogens with one attached hydrogen (secondary N) is 1. The zero-order valence-corrected chi connectivity index (χ0v) is 11.1. The van der Waals surface area contributed by atoms with Crippen molar-refractivity contribution in [3.8, 4) is 0 Å². The van der Waals surface area contributed by atoms with Crippen molar-refractivity contribution in [1.82, 2.24) is 10.3 Å². The maximum atomic E-state index is 5.70. The molecule has 1 rings (SSSR count). The van der Waals surface area contributed by atoms with Crippen LogP contribution in [0.2, 0.25) is 0 Å². The Morgan fingerprint density at radius 1 is 1.38 bits per heavy atom. The number of hydrogen-bond acceptors (Lipinski definition) is 3. The van der Waals surface area contributed by atoms with Crippen LogP contribution in [0.5, 0.6) is 0 Å². The highest BCUT2D eigenvalue weighted by Gasteiger charge is 2.35. The van der Waals surface area contributed by atoms with Gasteiger partial charge in [0.1, 0.15) is 0 Å². The fourth-order valence-corrected chi connectivity index (χ4v) is 2.55. The van der Waals surface area contributed by atoms with Gasteiger partial charge in [0.05, 0.1) is 0 Å². The van der Waals surface area contributed by atoms with Gasteiger partial charge in [-0.05, 0) is 53.1 Å². The first-order valence-corrected chi connectivity index (χ1v) is 6.34. The fraction of sp³-hybridized carbons (Fsp3) is 0.846. The average molecular weight is 225 g/mol. The molecule has 0 radical (unpaired) electrons. The smallest absolute Gasteiger partial charge is 0.0426 e. The standard InChI is InChI=1S/C13H27N3/c1-11(2)10-12(15-14)13(3,4)16-8-6-5-7-9-16/h12,15H,1,5-10,14H2,2-4H3. The van der Waals surface area contributed by atoms with Gasteiger partial charge in [0.2, 0.25) is 0 Å². The summed E-state index contributed by atoms with van der Waals surface area (Å²) in [5.41, 5.74) is 4.26. The van der Waals surface area contributed by atoms with E-state index >= 15 is 0 Å². The van der Waals surface area contributed by atoms with Crippen molar-refractivity contribution in [2.75, 3.05) is 13.1 Å². The van der Waals surface area contributed by atoms with Gasteiger partial charge in [0.25, 0.3) is 0 Å². The van der Waals surface area contributed by atoms with Crippen molar-refractivity contribution in [3.05, 3.63) is 12.2 Å². The lowest BCUT2D eigenvalue weighted by molar-refractivity contribution is 0.0611. The van der Waals surface area contributed by atoms with Crippen LogP contribution in [-0.2, 0) is 0 Å². The topological polar surface area (TPSA) is 41.3 Å². The van der Waals surface area contributed by atoms with Crippen molar-refractivity contribution in [3.63, 3.8) is 0 Å². The highest BCUT2D eigenvalue weighted by Crippen LogP contribution is 2.26. The molecule has 0 aliphatic carbocycles. The number of piperidine rings is 1. The summed E-state index contributed by atoms with van der Waals surface area (Å²) < 4.78 is 0. The third kappa shape index (κ3) is 3.30. The summed E-state index contributed by atoms with van der Waals surface area (Å²) in [5.74, 6) is 5.70. The Morgan fingerprint density at radius 2 is 1.94 bits per heavy atom. The van der Waals surface area contributed by atoms with Crippen LogP contribution >= 0.6 is 0 Å². The average Bonchev–Trinajstić information content (AvgIpc) is 2.26. The Balaban J connectivity index is 2.67. The van der Waals surface area contributed by atoms with Gasteiger partial charge in [-0.1, -0.05) is 12.0 Å². The van der Waals surface area contributed by atoms with Crippen molar-refractivity contribution in [1.29, 1.82) is 0 Å². The summed E-state index contributed by atoms with van der Waals surface area (Å²) in [7, 11) is 0. The van der Waals surface area contributed by atoms with E-state index in [0.29, 0.717) is 0 Å². The van der Waals surface area contributed by atoms with Crippen LogP contribution in [0.25, 0.3) is 0 Å². The lowest BCUT2D eigenvalue weighted by atomic mass is 9.87. The molecule has 1 unspecified atom stereocenters. The molecule has 1 aliphatic rings. The van der Waals surface area contributed by atoms with Crippen LogP contribution in [0.1, 0.15) is 46.5 Å². The molecule has 3 N–H and O–H groups in total. The number of hydrazine groups is 1. The Labute approximate surface area is 100 Å². The third-order valence-corrected chi connectivity index (χ3v) is 3.78. The van der Waals surface area contributed by atoms with Gasteiger partial charge >= 0.3 is 0 Å². The van der Waals surface area contributed by atoms with Gasteiger partial charge in [0.15, 0.2) is 0 Å². The van der Waals surface area contributed by atoms with Gasteiger partial charge in [-0.15, -0.1) is 6.58 Å². The van der Waals surface area contributed by atoms with Crippen LogP contribution in [0.15, 0.2) is 12.2 Å². The monoisotopic (exact) mass is 225 g/mol. The maximum Gasteiger partial charge on any atom is 0.0426 e. The number of nitrogens with two attached hydrogens (primary N) is 1. The normalized spacial score (nSPS) is 20.8. The highest BCUT2D eigenvalue weighted by atomic mass is 15.3. The van der Waals surface area contributed by atoms with E-state index < -0.39 is 0 Å². The van der Waals surface area contributed by atoms with Crippen LogP contribution in [-0.4, -0.2) is 29.6 Å². The number of likely N-dealkylation sites (tertiary alicyclic amines) is 1. The molecular formula is C13H27N3. The van der Waals surface area contributed by atoms with Crippen LogP contribution < -0.4 is 11.3 Å². The second-order valence-electron chi connectivity index (χ2n) is 5.58. The van der Waals surface area contributed by atoms with E-state index in [1.54, 1.807) is 0 Å². The minimum Gasteiger partial charge on any atom is -0.297 e. The van der Waals surface area contributed by atoms with E-state index in [1.165, 1.54) is 37.9 Å². The molecule has 1 heterocycles. The predicted molar refractivity (Wildman–Crippen MR) is 70.0 cm³/mol. The molecule has 0 spiro atoms. The Morgan fingerprint density at radius 3 is 2.38 bits per heavy atom. The van der Waals surface area contributed by atoms with Crippen LogP contribution in [0.4, 0.5) is 0 Å². The third-order valence-electron chi connectivity index (χ3n) is 3.78. The molecule has 0 aromatic rings. The molecule has 0 amide bonds. The Kier molecular flexibility index (Phi) is 4.96. The predicted octanol–water partition coefficient (Wildman–Crippen LogP) is 2.05. The second kappa shape index (κ2) is 5.80. The van der Waals surface area contributed by atoms with E-state index in [4.69, 9.17) is 5.84 Å². The van der Waals surface area contributed by atoms with Crippen LogP contribution in [0.3, 0.4) is 0 Å². The highest BCUT2D eigenvalue weighted by molar-refractivity contribution is 5.02. The number of nitrogens with zero attached hydrogens (tertiary/aromatic N) is 1. The second-order valence-corrected chi connectivity index (χ2v) is 5.58. The first-order valence-electron chi connectivity index (χ1n) is 6.34. The van der Waals surface area contributed by atoms with Crippen molar-refractivity contribution < 1.29 is 0 Å². The molecule has 1 saturated heterocycles. The molecule has 0 aromatic carbocycles. The lowest BCUT2D eigenvalue weighted by Crippen LogP contribution is -2.60. The largest absolute Gasteiger partial charge is 0.297 e. The Hall–Kier alpha value is -0.380. The van der Waals surface area contributed by atoms with Crippen molar-refractivity contribution in [2.45, 2.75) is 58.0 Å². The summed E-state index contributed by atoms with van der Waals surface area (Å²) in [5, 5.41) is 0. The molecule has 1 fully saturated rings. The van der Waals surface area contributed by atoms with E-state index in [9.17, 15) is 0 Å². The quantitative estimate of drug-likeness (QED) is 0.427. The molecule has 0 bridgehead atoms. The summed E-state index contributed by atoms with van der Waals surface area (Å²) in [6.45, 7) is 13.0. The maximum absolute atomic E-state index is 5.70. The molecular weight excluding hydrogens is 198 g/mol. The SMILES string of the molecule is C=C(C)CC(NN)C(C)(C)N1CCCCC1. The molecule has 3 heteroatoms. The summed E-state index contributed by atoms with van der Waals surface area (Å²) in [6.07, 6.45) is 4.94. The summed E-state index contributed by atoms with van der Waals surface area (Å²) in [6, 6.07) is 0.281. The van der Waals surface area contributed by atoms with Crippen molar-refractivity contribution in [2.24, 2.45) is 5.84 Å². The molecule has 0 saturated carbocycles. The zero-order valence-electron chi connectivity index (χ0n) is 11.1. The van der Waals surface area contributed by atoms with E-state index in [-0.39, 0.29) is 11.6 Å². The number of hydrogen-bond donors (Lipinski definition) is 2. The molecule has 3 nitrogen and oxygen atoms in total. The minimum absolute atomic E-state index is 0.105. The summed E-state index contributed by atoms with van der Waals surface area (Å²) in [4.78, 5) is 2.56. The van der Waals surface area contributed by atoms with Gasteiger partial charge in [-0.3, -0.25) is 16.2 Å². The number of rotatable bonds is 5. The first-order chi connectivity index (χ1) is 7.48. The molecule has 1 aliphatic heterocycles. The molecule has 0 aromatic heterocycles. The minimum atomic E-state index is 0.105. The fourth-order valence-electron chi connectivity index (χ4n) is 2.55. The van der Waals surface area contributed by atoms with Crippen molar-refractivity contribution >= 4 is 0 Å².